The lowest BCUT2D eigenvalue weighted by molar-refractivity contribution is -0.127. The molecule has 26 heavy (non-hydrogen) atoms. The van der Waals surface area contributed by atoms with Crippen molar-refractivity contribution in [2.24, 2.45) is 4.99 Å². The summed E-state index contributed by atoms with van der Waals surface area (Å²) in [5, 5.41) is 11.2. The van der Waals surface area contributed by atoms with E-state index in [1.807, 2.05) is 35.7 Å². The summed E-state index contributed by atoms with van der Waals surface area (Å²) in [6.07, 6.45) is 0. The number of thiophene rings is 1. The van der Waals surface area contributed by atoms with Crippen molar-refractivity contribution in [2.45, 2.75) is 11.4 Å². The van der Waals surface area contributed by atoms with Crippen LogP contribution in [0.25, 0.3) is 0 Å². The van der Waals surface area contributed by atoms with Gasteiger partial charge in [0, 0.05) is 36.3 Å². The third-order valence-corrected chi connectivity index (χ3v) is 5.38. The standard InChI is InChI=1S/C18H23ClN4OS2/c1-23(2)17(24)12-22-18(21-11-14-7-9-25-13-14)20-8-10-26-16-5-3-15(19)4-6-16/h3-7,9,13H,8,10-12H2,1-2H3,(H2,20,21,22). The number of nitrogens with zero attached hydrogens (tertiary/aromatic N) is 2. The molecule has 5 nitrogen and oxygen atoms in total. The molecule has 0 fully saturated rings. The molecule has 2 aromatic rings. The molecule has 0 bridgehead atoms. The van der Waals surface area contributed by atoms with E-state index >= 15 is 0 Å². The molecule has 2 N–H and O–H groups in total. The lowest BCUT2D eigenvalue weighted by Crippen LogP contribution is -2.43. The van der Waals surface area contributed by atoms with E-state index < -0.39 is 0 Å². The second kappa shape index (κ2) is 11.1. The molecule has 0 radical (unpaired) electrons. The Bertz CT molecular complexity index is 702. The van der Waals surface area contributed by atoms with Gasteiger partial charge in [-0.05, 0) is 46.7 Å². The highest BCUT2D eigenvalue weighted by atomic mass is 35.5. The van der Waals surface area contributed by atoms with Crippen LogP contribution in [0.3, 0.4) is 0 Å². The van der Waals surface area contributed by atoms with Crippen molar-refractivity contribution in [3.8, 4) is 0 Å². The zero-order valence-corrected chi connectivity index (χ0v) is 17.3. The quantitative estimate of drug-likeness (QED) is 0.303. The minimum Gasteiger partial charge on any atom is -0.356 e. The number of benzene rings is 1. The lowest BCUT2D eigenvalue weighted by Gasteiger charge is -2.15. The van der Waals surface area contributed by atoms with Gasteiger partial charge in [0.1, 0.15) is 0 Å². The van der Waals surface area contributed by atoms with Crippen molar-refractivity contribution in [1.82, 2.24) is 15.5 Å². The van der Waals surface area contributed by atoms with Gasteiger partial charge in [-0.2, -0.15) is 11.3 Å². The largest absolute Gasteiger partial charge is 0.356 e. The molecule has 0 aliphatic rings. The molecule has 0 aliphatic carbocycles. The van der Waals surface area contributed by atoms with E-state index in [2.05, 4.69) is 21.0 Å². The van der Waals surface area contributed by atoms with Gasteiger partial charge in [-0.3, -0.25) is 4.79 Å². The van der Waals surface area contributed by atoms with Gasteiger partial charge in [0.05, 0.1) is 13.1 Å². The van der Waals surface area contributed by atoms with Gasteiger partial charge in [-0.25, -0.2) is 4.99 Å². The van der Waals surface area contributed by atoms with E-state index in [0.717, 1.165) is 22.9 Å². The predicted molar refractivity (Wildman–Crippen MR) is 112 cm³/mol. The zero-order valence-electron chi connectivity index (χ0n) is 14.9. The summed E-state index contributed by atoms with van der Waals surface area (Å²) in [4.78, 5) is 19.1. The van der Waals surface area contributed by atoms with Crippen LogP contribution in [0.5, 0.6) is 0 Å². The molecule has 1 aromatic carbocycles. The minimum atomic E-state index is 0.00516. The van der Waals surface area contributed by atoms with Gasteiger partial charge >= 0.3 is 0 Å². The molecule has 2 rings (SSSR count). The summed E-state index contributed by atoms with van der Waals surface area (Å²) >= 11 is 9.29. The van der Waals surface area contributed by atoms with Gasteiger partial charge in [-0.15, -0.1) is 11.8 Å². The number of carbonyl (C=O) groups excluding carboxylic acids is 1. The maximum Gasteiger partial charge on any atom is 0.241 e. The molecule has 0 aliphatic heterocycles. The highest BCUT2D eigenvalue weighted by Crippen LogP contribution is 2.19. The van der Waals surface area contributed by atoms with Crippen LogP contribution in [-0.4, -0.2) is 49.7 Å². The number of guanidine groups is 1. The normalized spacial score (nSPS) is 11.3. The van der Waals surface area contributed by atoms with Crippen LogP contribution in [-0.2, 0) is 11.3 Å². The Balaban J connectivity index is 1.82. The number of likely N-dealkylation sites (N-methyl/N-ethyl adjacent to an activating group) is 1. The Labute approximate surface area is 167 Å². The second-order valence-electron chi connectivity index (χ2n) is 5.67. The molecule has 0 atom stereocenters. The first kappa shape index (κ1) is 20.6. The van der Waals surface area contributed by atoms with Gasteiger partial charge in [0.2, 0.25) is 5.91 Å². The van der Waals surface area contributed by atoms with Gasteiger partial charge in [0.15, 0.2) is 5.96 Å². The SMILES string of the molecule is CN(C)C(=O)CNC(=NCc1ccsc1)NCCSc1ccc(Cl)cc1. The van der Waals surface area contributed by atoms with E-state index in [1.165, 1.54) is 4.90 Å². The van der Waals surface area contributed by atoms with Crippen molar-refractivity contribution in [2.75, 3.05) is 32.9 Å². The maximum atomic E-state index is 11.8. The van der Waals surface area contributed by atoms with Crippen LogP contribution in [0.2, 0.25) is 5.02 Å². The molecule has 0 saturated carbocycles. The first-order valence-electron chi connectivity index (χ1n) is 8.16. The Morgan fingerprint density at radius 3 is 2.65 bits per heavy atom. The number of thioether (sulfide) groups is 1. The van der Waals surface area contributed by atoms with E-state index in [0.29, 0.717) is 12.5 Å². The molecule has 8 heteroatoms. The number of amides is 1. The fourth-order valence-corrected chi connectivity index (χ4v) is 3.47. The molecule has 0 saturated heterocycles. The Kier molecular flexibility index (Phi) is 8.80. The Morgan fingerprint density at radius 1 is 1.23 bits per heavy atom. The van der Waals surface area contributed by atoms with E-state index in [4.69, 9.17) is 11.6 Å². The van der Waals surface area contributed by atoms with Crippen LogP contribution in [0.1, 0.15) is 5.56 Å². The van der Waals surface area contributed by atoms with E-state index in [1.54, 1.807) is 42.1 Å². The third-order valence-electron chi connectivity index (χ3n) is 3.38. The highest BCUT2D eigenvalue weighted by molar-refractivity contribution is 7.99. The first-order valence-corrected chi connectivity index (χ1v) is 10.5. The molecular weight excluding hydrogens is 388 g/mol. The fourth-order valence-electron chi connectivity index (χ4n) is 1.91. The van der Waals surface area contributed by atoms with Crippen molar-refractivity contribution in [1.29, 1.82) is 0 Å². The summed E-state index contributed by atoms with van der Waals surface area (Å²) in [5.41, 5.74) is 1.16. The van der Waals surface area contributed by atoms with Gasteiger partial charge in [-0.1, -0.05) is 11.6 Å². The number of halogens is 1. The van der Waals surface area contributed by atoms with Crippen LogP contribution < -0.4 is 10.6 Å². The average Bonchev–Trinajstić information content (AvgIpc) is 3.15. The molecule has 1 amide bonds. The van der Waals surface area contributed by atoms with Crippen molar-refractivity contribution in [3.05, 3.63) is 51.7 Å². The lowest BCUT2D eigenvalue weighted by atomic mass is 10.3. The number of hydrogen-bond acceptors (Lipinski definition) is 4. The van der Waals surface area contributed by atoms with Crippen LogP contribution in [0.4, 0.5) is 0 Å². The molecule has 140 valence electrons. The maximum absolute atomic E-state index is 11.8. The van der Waals surface area contributed by atoms with Crippen LogP contribution in [0.15, 0.2) is 51.0 Å². The average molecular weight is 411 g/mol. The Morgan fingerprint density at radius 2 is 2.00 bits per heavy atom. The minimum absolute atomic E-state index is 0.00516. The van der Waals surface area contributed by atoms with Crippen LogP contribution >= 0.6 is 34.7 Å². The topological polar surface area (TPSA) is 56.7 Å². The third kappa shape index (κ3) is 7.68. The number of carbonyl (C=O) groups is 1. The van der Waals surface area contributed by atoms with Crippen LogP contribution in [0, 0.1) is 0 Å². The number of nitrogens with one attached hydrogen (secondary N) is 2. The highest BCUT2D eigenvalue weighted by Gasteiger charge is 2.06. The van der Waals surface area contributed by atoms with Crippen molar-refractivity contribution in [3.63, 3.8) is 0 Å². The summed E-state index contributed by atoms with van der Waals surface area (Å²) in [7, 11) is 3.48. The number of aliphatic imine (C=N–C) groups is 1. The van der Waals surface area contributed by atoms with Crippen molar-refractivity contribution >= 4 is 46.6 Å². The molecule has 0 spiro atoms. The van der Waals surface area contributed by atoms with Gasteiger partial charge < -0.3 is 15.5 Å². The summed E-state index contributed by atoms with van der Waals surface area (Å²) in [6, 6.07) is 9.84. The fraction of sp³-hybridized carbons (Fsp3) is 0.333. The smallest absolute Gasteiger partial charge is 0.241 e. The predicted octanol–water partition coefficient (Wildman–Crippen LogP) is 3.32. The number of hydrogen-bond donors (Lipinski definition) is 2. The Hall–Kier alpha value is -1.70. The van der Waals surface area contributed by atoms with E-state index in [9.17, 15) is 4.79 Å². The summed E-state index contributed by atoms with van der Waals surface area (Å²) in [6.45, 7) is 1.53. The van der Waals surface area contributed by atoms with Gasteiger partial charge in [0.25, 0.3) is 0 Å². The molecule has 0 unspecified atom stereocenters. The number of rotatable bonds is 8. The molecule has 1 heterocycles. The molecular formula is C18H23ClN4OS2. The first-order chi connectivity index (χ1) is 12.5. The molecule has 1 aromatic heterocycles. The van der Waals surface area contributed by atoms with Crippen molar-refractivity contribution < 1.29 is 4.79 Å². The monoisotopic (exact) mass is 410 g/mol. The van der Waals surface area contributed by atoms with E-state index in [-0.39, 0.29) is 12.5 Å². The second-order valence-corrected chi connectivity index (χ2v) is 8.05. The summed E-state index contributed by atoms with van der Waals surface area (Å²) < 4.78 is 0. The zero-order chi connectivity index (χ0) is 18.8. The summed E-state index contributed by atoms with van der Waals surface area (Å²) in [5.74, 6) is 1.52.